The molecule has 6 nitrogen and oxygen atoms in total. The summed E-state index contributed by atoms with van der Waals surface area (Å²) in [5, 5.41) is 11.2. The normalized spacial score (nSPS) is 11.8. The molecule has 4 N–H and O–H groups in total. The minimum atomic E-state index is -1.21. The first-order valence-corrected chi connectivity index (χ1v) is 5.89. The van der Waals surface area contributed by atoms with Gasteiger partial charge in [-0.2, -0.15) is 0 Å². The van der Waals surface area contributed by atoms with E-state index in [9.17, 15) is 14.0 Å². The van der Waals surface area contributed by atoms with E-state index in [1.165, 1.54) is 14.2 Å². The van der Waals surface area contributed by atoms with Crippen LogP contribution in [-0.4, -0.2) is 37.2 Å². The molecular weight excluding hydrogens is 267 g/mol. The summed E-state index contributed by atoms with van der Waals surface area (Å²) in [6.45, 7) is 1.59. The molecule has 0 saturated carbocycles. The van der Waals surface area contributed by atoms with Gasteiger partial charge in [-0.05, 0) is 18.6 Å². The minimum Gasteiger partial charge on any atom is -0.493 e. The molecule has 1 amide bonds. The molecule has 1 unspecified atom stereocenters. The van der Waals surface area contributed by atoms with E-state index in [4.69, 9.17) is 15.6 Å². The number of ether oxygens (including phenoxy) is 1. The van der Waals surface area contributed by atoms with Crippen LogP contribution in [-0.2, 0) is 11.2 Å². The summed E-state index contributed by atoms with van der Waals surface area (Å²) in [5.74, 6) is -2.50. The van der Waals surface area contributed by atoms with Crippen molar-refractivity contribution in [3.8, 4) is 5.75 Å². The van der Waals surface area contributed by atoms with Crippen LogP contribution in [0.3, 0.4) is 0 Å². The van der Waals surface area contributed by atoms with Gasteiger partial charge in [0.25, 0.3) is 5.91 Å². The molecule has 1 aromatic rings. The number of halogens is 1. The Kier molecular flexibility index (Phi) is 5.04. The largest absolute Gasteiger partial charge is 0.493 e. The van der Waals surface area contributed by atoms with Crippen LogP contribution in [0.4, 0.5) is 4.39 Å². The van der Waals surface area contributed by atoms with Crippen molar-refractivity contribution in [3.63, 3.8) is 0 Å². The summed E-state index contributed by atoms with van der Waals surface area (Å²) in [5.41, 5.74) is 6.32. The Morgan fingerprint density at radius 3 is 2.60 bits per heavy atom. The Labute approximate surface area is 115 Å². The topological polar surface area (TPSA) is 102 Å². The van der Waals surface area contributed by atoms with Crippen LogP contribution >= 0.6 is 0 Å². The van der Waals surface area contributed by atoms with Gasteiger partial charge < -0.3 is 20.9 Å². The van der Waals surface area contributed by atoms with Crippen LogP contribution in [0.25, 0.3) is 0 Å². The third-order valence-corrected chi connectivity index (χ3v) is 3.04. The predicted molar refractivity (Wildman–Crippen MR) is 70.4 cm³/mol. The number of carbonyl (C=O) groups excluding carboxylic acids is 1. The number of carboxylic acids is 1. The van der Waals surface area contributed by atoms with E-state index >= 15 is 0 Å². The molecule has 1 rings (SSSR count). The molecule has 0 heterocycles. The second-order valence-electron chi connectivity index (χ2n) is 4.27. The van der Waals surface area contributed by atoms with Crippen molar-refractivity contribution < 1.29 is 23.8 Å². The number of nitrogens with one attached hydrogen (secondary N) is 1. The standard InChI is InChI=1S/C13H17FN2O4/c1-6-7(5-10(15)13(18)19)11(20-3)9(14)4-8(6)12(17)16-2/h4,10H,5,15H2,1-3H3,(H,16,17)(H,18,19). The average molecular weight is 284 g/mol. The summed E-state index contributed by atoms with van der Waals surface area (Å²) in [7, 11) is 2.69. The Balaban J connectivity index is 3.41. The van der Waals surface area contributed by atoms with Crippen LogP contribution in [0.2, 0.25) is 0 Å². The van der Waals surface area contributed by atoms with E-state index in [0.717, 1.165) is 6.07 Å². The van der Waals surface area contributed by atoms with E-state index in [1.807, 2.05) is 0 Å². The number of carboxylic acid groups (broad SMARTS) is 1. The number of hydrogen-bond donors (Lipinski definition) is 3. The highest BCUT2D eigenvalue weighted by Gasteiger charge is 2.23. The molecule has 7 heteroatoms. The fourth-order valence-corrected chi connectivity index (χ4v) is 1.92. The van der Waals surface area contributed by atoms with Crippen molar-refractivity contribution >= 4 is 11.9 Å². The number of amides is 1. The summed E-state index contributed by atoms with van der Waals surface area (Å²) in [4.78, 5) is 22.5. The number of carbonyl (C=O) groups is 2. The molecule has 0 fully saturated rings. The lowest BCUT2D eigenvalue weighted by molar-refractivity contribution is -0.138. The maximum atomic E-state index is 13.9. The average Bonchev–Trinajstić information content (AvgIpc) is 2.41. The van der Waals surface area contributed by atoms with Gasteiger partial charge >= 0.3 is 5.97 Å². The lowest BCUT2D eigenvalue weighted by Crippen LogP contribution is -2.33. The van der Waals surface area contributed by atoms with Crippen LogP contribution in [0.15, 0.2) is 6.07 Å². The first-order valence-electron chi connectivity index (χ1n) is 5.89. The first-order chi connectivity index (χ1) is 9.33. The zero-order chi connectivity index (χ0) is 15.4. The Bertz CT molecular complexity index is 546. The van der Waals surface area contributed by atoms with Crippen molar-refractivity contribution in [2.75, 3.05) is 14.2 Å². The van der Waals surface area contributed by atoms with Crippen molar-refractivity contribution in [2.45, 2.75) is 19.4 Å². The fraction of sp³-hybridized carbons (Fsp3) is 0.385. The van der Waals surface area contributed by atoms with Crippen LogP contribution in [0.1, 0.15) is 21.5 Å². The second kappa shape index (κ2) is 6.33. The van der Waals surface area contributed by atoms with E-state index in [2.05, 4.69) is 5.32 Å². The van der Waals surface area contributed by atoms with Crippen LogP contribution < -0.4 is 15.8 Å². The number of hydrogen-bond acceptors (Lipinski definition) is 4. The molecule has 0 saturated heterocycles. The third kappa shape index (κ3) is 3.05. The van der Waals surface area contributed by atoms with Crippen molar-refractivity contribution in [3.05, 3.63) is 28.6 Å². The molecule has 0 aliphatic rings. The zero-order valence-electron chi connectivity index (χ0n) is 11.5. The van der Waals surface area contributed by atoms with Crippen molar-refractivity contribution in [1.82, 2.24) is 5.32 Å². The predicted octanol–water partition coefficient (Wildman–Crippen LogP) is 0.457. The van der Waals surface area contributed by atoms with Gasteiger partial charge in [0, 0.05) is 24.6 Å². The van der Waals surface area contributed by atoms with Crippen LogP contribution in [0.5, 0.6) is 5.75 Å². The summed E-state index contributed by atoms with van der Waals surface area (Å²) >= 11 is 0. The molecule has 0 spiro atoms. The van der Waals surface area contributed by atoms with Gasteiger partial charge in [0.1, 0.15) is 6.04 Å². The molecule has 20 heavy (non-hydrogen) atoms. The van der Waals surface area contributed by atoms with Gasteiger partial charge in [-0.15, -0.1) is 0 Å². The molecule has 0 bridgehead atoms. The maximum absolute atomic E-state index is 13.9. The highest BCUT2D eigenvalue weighted by molar-refractivity contribution is 5.96. The Morgan fingerprint density at radius 2 is 2.15 bits per heavy atom. The number of benzene rings is 1. The monoisotopic (exact) mass is 284 g/mol. The van der Waals surface area contributed by atoms with E-state index in [1.54, 1.807) is 6.92 Å². The van der Waals surface area contributed by atoms with Gasteiger partial charge in [-0.25, -0.2) is 4.39 Å². The first kappa shape index (κ1) is 15.9. The zero-order valence-corrected chi connectivity index (χ0v) is 11.5. The van der Waals surface area contributed by atoms with Gasteiger partial charge in [0.05, 0.1) is 7.11 Å². The van der Waals surface area contributed by atoms with E-state index in [-0.39, 0.29) is 23.3 Å². The fourth-order valence-electron chi connectivity index (χ4n) is 1.92. The highest BCUT2D eigenvalue weighted by Crippen LogP contribution is 2.29. The SMILES string of the molecule is CNC(=O)c1cc(F)c(OC)c(CC(N)C(=O)O)c1C. The van der Waals surface area contributed by atoms with E-state index in [0.29, 0.717) is 5.56 Å². The molecule has 1 atom stereocenters. The summed E-state index contributed by atoms with van der Waals surface area (Å²) in [6.07, 6.45) is -0.133. The molecule has 110 valence electrons. The van der Waals surface area contributed by atoms with Gasteiger partial charge in [-0.1, -0.05) is 0 Å². The molecule has 1 aromatic carbocycles. The number of nitrogens with two attached hydrogens (primary N) is 1. The lowest BCUT2D eigenvalue weighted by Gasteiger charge is -2.17. The van der Waals surface area contributed by atoms with Crippen molar-refractivity contribution in [1.29, 1.82) is 0 Å². The quantitative estimate of drug-likeness (QED) is 0.729. The number of rotatable bonds is 5. The second-order valence-corrected chi connectivity index (χ2v) is 4.27. The maximum Gasteiger partial charge on any atom is 0.320 e. The summed E-state index contributed by atoms with van der Waals surface area (Å²) in [6, 6.07) is -0.148. The highest BCUT2D eigenvalue weighted by atomic mass is 19.1. The molecule has 0 aliphatic heterocycles. The number of aliphatic carboxylic acids is 1. The van der Waals surface area contributed by atoms with Crippen LogP contribution in [0, 0.1) is 12.7 Å². The Hall–Kier alpha value is -2.15. The van der Waals surface area contributed by atoms with Crippen molar-refractivity contribution in [2.24, 2.45) is 5.73 Å². The molecule has 0 radical (unpaired) electrons. The summed E-state index contributed by atoms with van der Waals surface area (Å²) < 4.78 is 18.9. The van der Waals surface area contributed by atoms with Gasteiger partial charge in [0.2, 0.25) is 0 Å². The van der Waals surface area contributed by atoms with Gasteiger partial charge in [-0.3, -0.25) is 9.59 Å². The molecule has 0 aliphatic carbocycles. The molecular formula is C13H17FN2O4. The molecule has 0 aromatic heterocycles. The van der Waals surface area contributed by atoms with Gasteiger partial charge in [0.15, 0.2) is 11.6 Å². The smallest absolute Gasteiger partial charge is 0.320 e. The number of methoxy groups -OCH3 is 1. The minimum absolute atomic E-state index is 0.0909. The lowest BCUT2D eigenvalue weighted by atomic mass is 9.95. The third-order valence-electron chi connectivity index (χ3n) is 3.04. The Morgan fingerprint density at radius 1 is 1.55 bits per heavy atom. The van der Waals surface area contributed by atoms with E-state index < -0.39 is 23.7 Å².